The molecular formula is C8H9N5S. The largest absolute Gasteiger partial charge is 0.305 e. The number of nitrogens with zero attached hydrogens (tertiary/aromatic N) is 4. The van der Waals surface area contributed by atoms with E-state index in [1.165, 1.54) is 11.5 Å². The van der Waals surface area contributed by atoms with Crippen LogP contribution in [0.4, 0.5) is 0 Å². The van der Waals surface area contributed by atoms with Crippen LogP contribution in [0.15, 0.2) is 24.0 Å². The van der Waals surface area contributed by atoms with Gasteiger partial charge < -0.3 is 5.32 Å². The Kier molecular flexibility index (Phi) is 3.10. The van der Waals surface area contributed by atoms with Gasteiger partial charge in [-0.15, -0.1) is 5.10 Å². The first-order chi connectivity index (χ1) is 6.95. The summed E-state index contributed by atoms with van der Waals surface area (Å²) in [7, 11) is 0. The lowest BCUT2D eigenvalue weighted by molar-refractivity contribution is 0.664. The Balaban J connectivity index is 1.79. The molecule has 1 N–H and O–H groups in total. The Hall–Kier alpha value is -1.40. The summed E-state index contributed by atoms with van der Waals surface area (Å²) in [5, 5.41) is 9.06. The van der Waals surface area contributed by atoms with E-state index >= 15 is 0 Å². The predicted octanol–water partition coefficient (Wildman–Crippen LogP) is 0.618. The molecule has 6 heteroatoms. The van der Waals surface area contributed by atoms with Crippen molar-refractivity contribution in [1.29, 1.82) is 0 Å². The van der Waals surface area contributed by atoms with Crippen LogP contribution in [0.5, 0.6) is 0 Å². The first-order valence-corrected chi connectivity index (χ1v) is 5.00. The Bertz CT molecular complexity index is 360. The fourth-order valence-electron chi connectivity index (χ4n) is 1.00. The molecule has 0 spiro atoms. The van der Waals surface area contributed by atoms with E-state index in [2.05, 4.69) is 24.9 Å². The van der Waals surface area contributed by atoms with Crippen LogP contribution in [0.2, 0.25) is 0 Å². The minimum Gasteiger partial charge on any atom is -0.305 e. The van der Waals surface area contributed by atoms with Crippen molar-refractivity contribution in [1.82, 2.24) is 24.9 Å². The van der Waals surface area contributed by atoms with Crippen molar-refractivity contribution in [3.05, 3.63) is 35.4 Å². The molecule has 0 aliphatic carbocycles. The standard InChI is InChI=1S/C8H9N5S/c1-2-9-6-11-7(1)3-10-4-8-5-14-13-12-8/h1-2,5-6,10H,3-4H2. The van der Waals surface area contributed by atoms with E-state index in [4.69, 9.17) is 0 Å². The van der Waals surface area contributed by atoms with E-state index in [-0.39, 0.29) is 0 Å². The van der Waals surface area contributed by atoms with Gasteiger partial charge in [-0.25, -0.2) is 9.97 Å². The molecule has 5 nitrogen and oxygen atoms in total. The third-order valence-corrected chi connectivity index (χ3v) is 2.21. The highest BCUT2D eigenvalue weighted by molar-refractivity contribution is 7.03. The van der Waals surface area contributed by atoms with Crippen molar-refractivity contribution in [3.8, 4) is 0 Å². The van der Waals surface area contributed by atoms with Crippen LogP contribution in [0, 0.1) is 0 Å². The molecule has 0 unspecified atom stereocenters. The maximum atomic E-state index is 4.09. The lowest BCUT2D eigenvalue weighted by Gasteiger charge is -2.00. The van der Waals surface area contributed by atoms with E-state index in [0.717, 1.165) is 24.5 Å². The molecule has 2 aromatic rings. The van der Waals surface area contributed by atoms with Crippen molar-refractivity contribution < 1.29 is 0 Å². The molecule has 2 rings (SSSR count). The average Bonchev–Trinajstić information content (AvgIpc) is 2.72. The predicted molar refractivity (Wildman–Crippen MR) is 52.5 cm³/mol. The molecule has 0 aliphatic heterocycles. The van der Waals surface area contributed by atoms with Crippen molar-refractivity contribution in [2.24, 2.45) is 0 Å². The van der Waals surface area contributed by atoms with E-state index in [1.54, 1.807) is 12.5 Å². The molecule has 0 radical (unpaired) electrons. The first-order valence-electron chi connectivity index (χ1n) is 4.16. The third-order valence-electron chi connectivity index (χ3n) is 1.66. The molecule has 0 saturated heterocycles. The SMILES string of the molecule is c1cc(CNCc2csnn2)ncn1. The van der Waals surface area contributed by atoms with Gasteiger partial charge in [0, 0.05) is 24.7 Å². The maximum absolute atomic E-state index is 4.09. The summed E-state index contributed by atoms with van der Waals surface area (Å²) in [5.74, 6) is 0. The fraction of sp³-hybridized carbons (Fsp3) is 0.250. The summed E-state index contributed by atoms with van der Waals surface area (Å²) in [6.07, 6.45) is 3.27. The zero-order valence-electron chi connectivity index (χ0n) is 7.42. The van der Waals surface area contributed by atoms with Gasteiger partial charge in [0.1, 0.15) is 6.33 Å². The van der Waals surface area contributed by atoms with Crippen molar-refractivity contribution in [2.75, 3.05) is 0 Å². The molecule has 2 heterocycles. The van der Waals surface area contributed by atoms with Gasteiger partial charge in [0.2, 0.25) is 0 Å². The molecule has 0 fully saturated rings. The lowest BCUT2D eigenvalue weighted by atomic mass is 10.4. The van der Waals surface area contributed by atoms with Crippen LogP contribution in [0.3, 0.4) is 0 Å². The molecule has 0 bridgehead atoms. The van der Waals surface area contributed by atoms with Gasteiger partial charge in [0.15, 0.2) is 0 Å². The highest BCUT2D eigenvalue weighted by Crippen LogP contribution is 1.97. The highest BCUT2D eigenvalue weighted by atomic mass is 32.1. The van der Waals surface area contributed by atoms with Crippen LogP contribution in [0.25, 0.3) is 0 Å². The van der Waals surface area contributed by atoms with E-state index in [1.807, 2.05) is 11.4 Å². The van der Waals surface area contributed by atoms with E-state index in [9.17, 15) is 0 Å². The summed E-state index contributed by atoms with van der Waals surface area (Å²) < 4.78 is 3.77. The summed E-state index contributed by atoms with van der Waals surface area (Å²) in [6, 6.07) is 1.88. The van der Waals surface area contributed by atoms with E-state index < -0.39 is 0 Å². The zero-order valence-corrected chi connectivity index (χ0v) is 8.24. The van der Waals surface area contributed by atoms with Crippen molar-refractivity contribution in [2.45, 2.75) is 13.1 Å². The van der Waals surface area contributed by atoms with Gasteiger partial charge in [-0.3, -0.25) is 0 Å². The Morgan fingerprint density at radius 1 is 1.29 bits per heavy atom. The van der Waals surface area contributed by atoms with Crippen LogP contribution < -0.4 is 5.32 Å². The summed E-state index contributed by atoms with van der Waals surface area (Å²) in [6.45, 7) is 1.44. The molecule has 0 saturated carbocycles. The topological polar surface area (TPSA) is 63.6 Å². The number of rotatable bonds is 4. The van der Waals surface area contributed by atoms with Crippen molar-refractivity contribution in [3.63, 3.8) is 0 Å². The van der Waals surface area contributed by atoms with E-state index in [0.29, 0.717) is 0 Å². The van der Waals surface area contributed by atoms with Crippen LogP contribution in [-0.4, -0.2) is 19.6 Å². The molecule has 0 atom stereocenters. The second kappa shape index (κ2) is 4.73. The smallest absolute Gasteiger partial charge is 0.115 e. The van der Waals surface area contributed by atoms with Gasteiger partial charge in [-0.05, 0) is 17.6 Å². The molecule has 2 aromatic heterocycles. The van der Waals surface area contributed by atoms with Crippen LogP contribution >= 0.6 is 11.5 Å². The Morgan fingerprint density at radius 2 is 2.21 bits per heavy atom. The fourth-order valence-corrected chi connectivity index (χ4v) is 1.45. The summed E-state index contributed by atoms with van der Waals surface area (Å²) >= 11 is 1.36. The second-order valence-corrected chi connectivity index (χ2v) is 3.31. The molecule has 0 aromatic carbocycles. The van der Waals surface area contributed by atoms with Gasteiger partial charge in [0.25, 0.3) is 0 Å². The minimum atomic E-state index is 0.722. The zero-order chi connectivity index (χ0) is 9.64. The third kappa shape index (κ3) is 2.54. The molecule has 14 heavy (non-hydrogen) atoms. The highest BCUT2D eigenvalue weighted by Gasteiger charge is 1.96. The number of hydrogen-bond acceptors (Lipinski definition) is 6. The monoisotopic (exact) mass is 207 g/mol. The average molecular weight is 207 g/mol. The van der Waals surface area contributed by atoms with Crippen LogP contribution in [-0.2, 0) is 13.1 Å². The number of nitrogens with one attached hydrogen (secondary N) is 1. The maximum Gasteiger partial charge on any atom is 0.115 e. The second-order valence-electron chi connectivity index (χ2n) is 2.70. The quantitative estimate of drug-likeness (QED) is 0.796. The van der Waals surface area contributed by atoms with Crippen molar-refractivity contribution >= 4 is 11.5 Å². The number of hydrogen-bond donors (Lipinski definition) is 1. The summed E-state index contributed by atoms with van der Waals surface area (Å²) in [4.78, 5) is 7.93. The number of aromatic nitrogens is 4. The Labute approximate surface area is 85.4 Å². The van der Waals surface area contributed by atoms with Gasteiger partial charge in [0.05, 0.1) is 11.4 Å². The molecular weight excluding hydrogens is 198 g/mol. The summed E-state index contributed by atoms with van der Waals surface area (Å²) in [5.41, 5.74) is 1.94. The molecule has 0 amide bonds. The minimum absolute atomic E-state index is 0.722. The molecule has 72 valence electrons. The Morgan fingerprint density at radius 3 is 2.93 bits per heavy atom. The normalized spacial score (nSPS) is 10.3. The van der Waals surface area contributed by atoms with Gasteiger partial charge >= 0.3 is 0 Å². The van der Waals surface area contributed by atoms with Gasteiger partial charge in [-0.2, -0.15) is 0 Å². The lowest BCUT2D eigenvalue weighted by Crippen LogP contribution is -2.13. The first kappa shape index (κ1) is 9.17. The molecule has 0 aliphatic rings. The van der Waals surface area contributed by atoms with Gasteiger partial charge in [-0.1, -0.05) is 4.49 Å². The van der Waals surface area contributed by atoms with Crippen LogP contribution in [0.1, 0.15) is 11.4 Å².